The number of hydrogen-bond acceptors (Lipinski definition) is 4. The zero-order valence-electron chi connectivity index (χ0n) is 9.93. The van der Waals surface area contributed by atoms with Gasteiger partial charge in [-0.05, 0) is 12.8 Å². The lowest BCUT2D eigenvalue weighted by molar-refractivity contribution is -0.142. The minimum absolute atomic E-state index is 0.307. The Balaban J connectivity index is 2.02. The minimum atomic E-state index is -0.736. The summed E-state index contributed by atoms with van der Waals surface area (Å²) in [5.41, 5.74) is 0. The highest BCUT2D eigenvalue weighted by molar-refractivity contribution is 5.70. The van der Waals surface area contributed by atoms with E-state index in [0.717, 1.165) is 24.5 Å². The van der Waals surface area contributed by atoms with Crippen molar-refractivity contribution in [3.05, 3.63) is 11.6 Å². The molecule has 0 spiro atoms. The molecule has 94 valence electrons. The third-order valence-electron chi connectivity index (χ3n) is 3.13. The summed E-state index contributed by atoms with van der Waals surface area (Å²) in [5, 5.41) is 17.2. The molecule has 0 amide bonds. The Bertz CT molecular complexity index is 403. The number of carboxylic acid groups (broad SMARTS) is 1. The molecule has 1 N–H and O–H groups in total. The predicted molar refractivity (Wildman–Crippen MR) is 59.7 cm³/mol. The first-order valence-corrected chi connectivity index (χ1v) is 5.85. The molecule has 2 heterocycles. The van der Waals surface area contributed by atoms with E-state index in [2.05, 4.69) is 14.8 Å². The number of methoxy groups -OCH3 is 1. The second-order valence-electron chi connectivity index (χ2n) is 4.31. The highest BCUT2D eigenvalue weighted by atomic mass is 16.5. The van der Waals surface area contributed by atoms with E-state index >= 15 is 0 Å². The van der Waals surface area contributed by atoms with Gasteiger partial charge < -0.3 is 14.4 Å². The van der Waals surface area contributed by atoms with Crippen LogP contribution in [0.2, 0.25) is 0 Å². The Labute approximate surface area is 99.6 Å². The van der Waals surface area contributed by atoms with Crippen LogP contribution in [0.4, 0.5) is 0 Å². The summed E-state index contributed by atoms with van der Waals surface area (Å²) in [7, 11) is 1.68. The van der Waals surface area contributed by atoms with E-state index in [1.54, 1.807) is 7.11 Å². The van der Waals surface area contributed by atoms with Crippen molar-refractivity contribution >= 4 is 5.97 Å². The Morgan fingerprint density at radius 3 is 3.12 bits per heavy atom. The van der Waals surface area contributed by atoms with Gasteiger partial charge in [0.15, 0.2) is 0 Å². The Morgan fingerprint density at radius 2 is 2.41 bits per heavy atom. The second-order valence-corrected chi connectivity index (χ2v) is 4.31. The van der Waals surface area contributed by atoms with Crippen LogP contribution in [-0.4, -0.2) is 39.6 Å². The normalized spacial score (nSPS) is 19.0. The van der Waals surface area contributed by atoms with Gasteiger partial charge in [0, 0.05) is 33.1 Å². The summed E-state index contributed by atoms with van der Waals surface area (Å²) in [5.74, 6) is 0.704. The number of nitrogens with zero attached hydrogens (tertiary/aromatic N) is 3. The summed E-state index contributed by atoms with van der Waals surface area (Å²) in [6.07, 6.45) is 2.90. The van der Waals surface area contributed by atoms with E-state index < -0.39 is 5.97 Å². The number of fused-ring (bicyclic) bond motifs is 1. The van der Waals surface area contributed by atoms with Gasteiger partial charge in [0.1, 0.15) is 11.6 Å². The van der Waals surface area contributed by atoms with Gasteiger partial charge in [-0.3, -0.25) is 4.79 Å². The third-order valence-corrected chi connectivity index (χ3v) is 3.13. The van der Waals surface area contributed by atoms with Crippen LogP contribution >= 0.6 is 0 Å². The second kappa shape index (κ2) is 5.27. The van der Waals surface area contributed by atoms with Crippen molar-refractivity contribution in [2.75, 3.05) is 13.7 Å². The number of carbonyl (C=O) groups is 1. The molecule has 0 saturated heterocycles. The number of aromatic nitrogens is 3. The van der Waals surface area contributed by atoms with Gasteiger partial charge in [-0.15, -0.1) is 10.2 Å². The molecule has 1 atom stereocenters. The fraction of sp³-hybridized carbons (Fsp3) is 0.727. The molecule has 0 aromatic carbocycles. The van der Waals surface area contributed by atoms with Crippen molar-refractivity contribution < 1.29 is 14.6 Å². The molecule has 1 aliphatic rings. The number of ether oxygens (including phenoxy) is 1. The topological polar surface area (TPSA) is 77.2 Å². The number of hydrogen-bond donors (Lipinski definition) is 1. The fourth-order valence-electron chi connectivity index (χ4n) is 2.16. The van der Waals surface area contributed by atoms with Crippen LogP contribution in [0.1, 0.15) is 24.5 Å². The molecule has 0 bridgehead atoms. The van der Waals surface area contributed by atoms with E-state index in [9.17, 15) is 4.79 Å². The lowest BCUT2D eigenvalue weighted by Gasteiger charge is -2.20. The Morgan fingerprint density at radius 1 is 1.59 bits per heavy atom. The number of carboxylic acids is 1. The van der Waals surface area contributed by atoms with E-state index in [0.29, 0.717) is 26.0 Å². The zero-order valence-corrected chi connectivity index (χ0v) is 9.93. The summed E-state index contributed by atoms with van der Waals surface area (Å²) in [6.45, 7) is 1.42. The van der Waals surface area contributed by atoms with Gasteiger partial charge in [-0.2, -0.15) is 0 Å². The van der Waals surface area contributed by atoms with E-state index in [4.69, 9.17) is 9.84 Å². The zero-order chi connectivity index (χ0) is 12.3. The molecule has 0 aliphatic carbocycles. The van der Waals surface area contributed by atoms with Gasteiger partial charge in [0.25, 0.3) is 0 Å². The van der Waals surface area contributed by atoms with Gasteiger partial charge in [0.2, 0.25) is 0 Å². The molecule has 17 heavy (non-hydrogen) atoms. The summed E-state index contributed by atoms with van der Waals surface area (Å²) >= 11 is 0. The SMILES string of the molecule is COCCCc1nnc2n1CCC(C(=O)O)C2. The van der Waals surface area contributed by atoms with Gasteiger partial charge in [-0.25, -0.2) is 0 Å². The van der Waals surface area contributed by atoms with Crippen molar-refractivity contribution in [1.82, 2.24) is 14.8 Å². The minimum Gasteiger partial charge on any atom is -0.481 e. The predicted octanol–water partition coefficient (Wildman–Crippen LogP) is 0.504. The van der Waals surface area contributed by atoms with E-state index in [1.165, 1.54) is 0 Å². The molecule has 6 nitrogen and oxygen atoms in total. The van der Waals surface area contributed by atoms with Crippen LogP contribution in [-0.2, 0) is 28.9 Å². The van der Waals surface area contributed by atoms with Crippen LogP contribution in [0.15, 0.2) is 0 Å². The smallest absolute Gasteiger partial charge is 0.307 e. The third kappa shape index (κ3) is 2.63. The van der Waals surface area contributed by atoms with Crippen molar-refractivity contribution in [2.24, 2.45) is 5.92 Å². The summed E-state index contributed by atoms with van der Waals surface area (Å²) in [6, 6.07) is 0. The first kappa shape index (κ1) is 12.0. The maximum atomic E-state index is 10.9. The monoisotopic (exact) mass is 239 g/mol. The summed E-state index contributed by atoms with van der Waals surface area (Å²) in [4.78, 5) is 10.9. The molecule has 1 aliphatic heterocycles. The highest BCUT2D eigenvalue weighted by Gasteiger charge is 2.27. The molecule has 6 heteroatoms. The van der Waals surface area contributed by atoms with Crippen molar-refractivity contribution in [3.8, 4) is 0 Å². The van der Waals surface area contributed by atoms with Crippen LogP contribution in [0.3, 0.4) is 0 Å². The van der Waals surface area contributed by atoms with Crippen molar-refractivity contribution in [1.29, 1.82) is 0 Å². The van der Waals surface area contributed by atoms with E-state index in [-0.39, 0.29) is 5.92 Å². The van der Waals surface area contributed by atoms with Gasteiger partial charge in [0.05, 0.1) is 5.92 Å². The number of rotatable bonds is 5. The van der Waals surface area contributed by atoms with Gasteiger partial charge >= 0.3 is 5.97 Å². The van der Waals surface area contributed by atoms with Crippen LogP contribution in [0, 0.1) is 5.92 Å². The quantitative estimate of drug-likeness (QED) is 0.757. The number of aryl methyl sites for hydroxylation is 1. The highest BCUT2D eigenvalue weighted by Crippen LogP contribution is 2.20. The van der Waals surface area contributed by atoms with Crippen LogP contribution in [0.5, 0.6) is 0 Å². The number of aliphatic carboxylic acids is 1. The van der Waals surface area contributed by atoms with Crippen LogP contribution < -0.4 is 0 Å². The fourth-order valence-corrected chi connectivity index (χ4v) is 2.16. The lowest BCUT2D eigenvalue weighted by atomic mass is 9.98. The van der Waals surface area contributed by atoms with Gasteiger partial charge in [-0.1, -0.05) is 0 Å². The largest absolute Gasteiger partial charge is 0.481 e. The average molecular weight is 239 g/mol. The molecule has 1 unspecified atom stereocenters. The maximum Gasteiger partial charge on any atom is 0.307 e. The van der Waals surface area contributed by atoms with E-state index in [1.807, 2.05) is 0 Å². The lowest BCUT2D eigenvalue weighted by Crippen LogP contribution is -2.26. The molecule has 0 fully saturated rings. The summed E-state index contributed by atoms with van der Waals surface area (Å²) < 4.78 is 7.05. The first-order chi connectivity index (χ1) is 8.22. The molecule has 0 radical (unpaired) electrons. The van der Waals surface area contributed by atoms with Crippen molar-refractivity contribution in [2.45, 2.75) is 32.2 Å². The molecule has 1 aromatic rings. The Hall–Kier alpha value is -1.43. The standard InChI is InChI=1S/C11H17N3O3/c1-17-6-2-3-9-12-13-10-7-8(11(15)16)4-5-14(9)10/h8H,2-7H2,1H3,(H,15,16). The first-order valence-electron chi connectivity index (χ1n) is 5.85. The molecular formula is C11H17N3O3. The molecule has 2 rings (SSSR count). The van der Waals surface area contributed by atoms with Crippen LogP contribution in [0.25, 0.3) is 0 Å². The Kier molecular flexibility index (Phi) is 3.73. The van der Waals surface area contributed by atoms with Crippen molar-refractivity contribution in [3.63, 3.8) is 0 Å². The molecule has 0 saturated carbocycles. The maximum absolute atomic E-state index is 10.9. The molecule has 1 aromatic heterocycles. The molecular weight excluding hydrogens is 222 g/mol. The average Bonchev–Trinajstić information content (AvgIpc) is 2.72.